The van der Waals surface area contributed by atoms with E-state index in [1.807, 2.05) is 28.9 Å². The number of likely N-dealkylation sites (N-methyl/N-ethyl adjacent to an activating group) is 1. The Balaban J connectivity index is 1.63. The van der Waals surface area contributed by atoms with Crippen LogP contribution in [0.4, 0.5) is 0 Å². The Bertz CT molecular complexity index is 636. The maximum atomic E-state index is 12.8. The summed E-state index contributed by atoms with van der Waals surface area (Å²) in [5, 5.41) is 0. The number of aryl methyl sites for hydroxylation is 1. The van der Waals surface area contributed by atoms with Gasteiger partial charge in [-0.05, 0) is 50.9 Å². The molecular formula is C20H30N4O2. The molecule has 3 heterocycles. The topological polar surface area (TPSA) is 56.8 Å². The van der Waals surface area contributed by atoms with E-state index < -0.39 is 0 Å². The molecule has 0 saturated carbocycles. The predicted molar refractivity (Wildman–Crippen MR) is 101 cm³/mol. The quantitative estimate of drug-likeness (QED) is 0.820. The first-order chi connectivity index (χ1) is 12.5. The van der Waals surface area contributed by atoms with Crippen molar-refractivity contribution in [1.29, 1.82) is 0 Å². The van der Waals surface area contributed by atoms with E-state index in [1.165, 1.54) is 0 Å². The number of pyridine rings is 1. The highest BCUT2D eigenvalue weighted by Gasteiger charge is 2.43. The van der Waals surface area contributed by atoms with E-state index in [2.05, 4.69) is 16.9 Å². The Kier molecular flexibility index (Phi) is 5.91. The Morgan fingerprint density at radius 2 is 1.96 bits per heavy atom. The Morgan fingerprint density at radius 3 is 2.69 bits per heavy atom. The van der Waals surface area contributed by atoms with Crippen LogP contribution >= 0.6 is 0 Å². The SMILES string of the molecule is CCN1CCC2(CCC1=O)CN(C(=O)CCc1ccncc1)CCN2C. The molecule has 0 bridgehead atoms. The molecule has 0 aromatic carbocycles. The third kappa shape index (κ3) is 4.06. The number of rotatable bonds is 4. The lowest BCUT2D eigenvalue weighted by atomic mass is 9.86. The van der Waals surface area contributed by atoms with E-state index in [4.69, 9.17) is 0 Å². The molecule has 6 heteroatoms. The molecule has 1 aromatic heterocycles. The summed E-state index contributed by atoms with van der Waals surface area (Å²) in [5.41, 5.74) is 1.08. The van der Waals surface area contributed by atoms with Crippen LogP contribution in [0.15, 0.2) is 24.5 Å². The van der Waals surface area contributed by atoms with Crippen LogP contribution in [0.3, 0.4) is 0 Å². The normalized spacial score (nSPS) is 24.8. The zero-order valence-electron chi connectivity index (χ0n) is 16.0. The number of carbonyl (C=O) groups excluding carboxylic acids is 2. The van der Waals surface area contributed by atoms with Gasteiger partial charge in [0, 0.05) is 63.5 Å². The average Bonchev–Trinajstić information content (AvgIpc) is 2.82. The van der Waals surface area contributed by atoms with E-state index in [0.717, 1.165) is 57.5 Å². The summed E-state index contributed by atoms with van der Waals surface area (Å²) in [6.07, 6.45) is 7.19. The molecule has 3 rings (SSSR count). The summed E-state index contributed by atoms with van der Waals surface area (Å²) >= 11 is 0. The van der Waals surface area contributed by atoms with E-state index in [1.54, 1.807) is 12.4 Å². The Morgan fingerprint density at radius 1 is 1.19 bits per heavy atom. The van der Waals surface area contributed by atoms with Crippen molar-refractivity contribution in [2.24, 2.45) is 0 Å². The molecule has 6 nitrogen and oxygen atoms in total. The van der Waals surface area contributed by atoms with Gasteiger partial charge in [0.1, 0.15) is 0 Å². The highest BCUT2D eigenvalue weighted by molar-refractivity contribution is 5.77. The second kappa shape index (κ2) is 8.16. The first-order valence-corrected chi connectivity index (χ1v) is 9.70. The zero-order valence-corrected chi connectivity index (χ0v) is 16.0. The van der Waals surface area contributed by atoms with Crippen LogP contribution in [-0.2, 0) is 16.0 Å². The number of aromatic nitrogens is 1. The number of nitrogens with zero attached hydrogens (tertiary/aromatic N) is 4. The van der Waals surface area contributed by atoms with Crippen molar-refractivity contribution < 1.29 is 9.59 Å². The standard InChI is InChI=1S/C20H30N4O2/c1-3-23-13-10-20(9-6-19(23)26)16-24(15-14-22(20)2)18(25)5-4-17-7-11-21-12-8-17/h7-8,11-12H,3-6,9-10,13-16H2,1-2H3. The molecule has 2 fully saturated rings. The molecule has 26 heavy (non-hydrogen) atoms. The first kappa shape index (κ1) is 18.8. The molecule has 1 unspecified atom stereocenters. The Labute approximate surface area is 156 Å². The lowest BCUT2D eigenvalue weighted by Gasteiger charge is -2.49. The average molecular weight is 358 g/mol. The zero-order chi connectivity index (χ0) is 18.6. The van der Waals surface area contributed by atoms with Crippen molar-refractivity contribution in [2.45, 2.75) is 44.6 Å². The molecule has 2 aliphatic rings. The van der Waals surface area contributed by atoms with Crippen LogP contribution in [0.5, 0.6) is 0 Å². The number of piperazine rings is 1. The highest BCUT2D eigenvalue weighted by atomic mass is 16.2. The van der Waals surface area contributed by atoms with Crippen LogP contribution in [0.25, 0.3) is 0 Å². The van der Waals surface area contributed by atoms with E-state index in [-0.39, 0.29) is 17.4 Å². The highest BCUT2D eigenvalue weighted by Crippen LogP contribution is 2.32. The van der Waals surface area contributed by atoms with Gasteiger partial charge in [-0.15, -0.1) is 0 Å². The van der Waals surface area contributed by atoms with Gasteiger partial charge in [-0.2, -0.15) is 0 Å². The van der Waals surface area contributed by atoms with Crippen LogP contribution in [-0.4, -0.2) is 76.8 Å². The minimum absolute atomic E-state index is 0.0653. The molecule has 142 valence electrons. The van der Waals surface area contributed by atoms with Gasteiger partial charge in [0.2, 0.25) is 11.8 Å². The van der Waals surface area contributed by atoms with Crippen LogP contribution in [0, 0.1) is 0 Å². The molecule has 2 aliphatic heterocycles. The minimum Gasteiger partial charge on any atom is -0.343 e. The fourth-order valence-electron chi connectivity index (χ4n) is 4.20. The maximum absolute atomic E-state index is 12.8. The fourth-order valence-corrected chi connectivity index (χ4v) is 4.20. The van der Waals surface area contributed by atoms with Gasteiger partial charge >= 0.3 is 0 Å². The molecule has 1 atom stereocenters. The molecule has 0 aliphatic carbocycles. The summed E-state index contributed by atoms with van der Waals surface area (Å²) in [7, 11) is 2.14. The van der Waals surface area contributed by atoms with Crippen molar-refractivity contribution in [1.82, 2.24) is 19.7 Å². The smallest absolute Gasteiger partial charge is 0.223 e. The number of likely N-dealkylation sites (tertiary alicyclic amines) is 1. The lowest BCUT2D eigenvalue weighted by Crippen LogP contribution is -2.62. The van der Waals surface area contributed by atoms with Gasteiger partial charge in [0.25, 0.3) is 0 Å². The van der Waals surface area contributed by atoms with Gasteiger partial charge in [-0.1, -0.05) is 0 Å². The second-order valence-electron chi connectivity index (χ2n) is 7.54. The van der Waals surface area contributed by atoms with E-state index in [9.17, 15) is 9.59 Å². The van der Waals surface area contributed by atoms with Crippen molar-refractivity contribution in [3.8, 4) is 0 Å². The van der Waals surface area contributed by atoms with Crippen molar-refractivity contribution >= 4 is 11.8 Å². The molecular weight excluding hydrogens is 328 g/mol. The monoisotopic (exact) mass is 358 g/mol. The summed E-state index contributed by atoms with van der Waals surface area (Å²) in [6, 6.07) is 3.93. The summed E-state index contributed by atoms with van der Waals surface area (Å²) in [5.74, 6) is 0.469. The first-order valence-electron chi connectivity index (χ1n) is 9.70. The molecule has 0 radical (unpaired) electrons. The van der Waals surface area contributed by atoms with E-state index >= 15 is 0 Å². The van der Waals surface area contributed by atoms with E-state index in [0.29, 0.717) is 12.8 Å². The third-order valence-electron chi connectivity index (χ3n) is 6.12. The molecule has 1 spiro atoms. The second-order valence-corrected chi connectivity index (χ2v) is 7.54. The molecule has 0 N–H and O–H groups in total. The number of hydrogen-bond donors (Lipinski definition) is 0. The fraction of sp³-hybridized carbons (Fsp3) is 0.650. The van der Waals surface area contributed by atoms with Crippen molar-refractivity contribution in [3.05, 3.63) is 30.1 Å². The van der Waals surface area contributed by atoms with Crippen molar-refractivity contribution in [2.75, 3.05) is 39.8 Å². The van der Waals surface area contributed by atoms with Gasteiger partial charge in [-0.3, -0.25) is 19.5 Å². The molecule has 2 saturated heterocycles. The maximum Gasteiger partial charge on any atom is 0.223 e. The lowest BCUT2D eigenvalue weighted by molar-refractivity contribution is -0.136. The van der Waals surface area contributed by atoms with Crippen molar-refractivity contribution in [3.63, 3.8) is 0 Å². The van der Waals surface area contributed by atoms with Gasteiger partial charge in [0.05, 0.1) is 0 Å². The third-order valence-corrected chi connectivity index (χ3v) is 6.12. The Hall–Kier alpha value is -1.95. The van der Waals surface area contributed by atoms with Crippen LogP contribution < -0.4 is 0 Å². The van der Waals surface area contributed by atoms with Gasteiger partial charge in [0.15, 0.2) is 0 Å². The number of carbonyl (C=O) groups is 2. The van der Waals surface area contributed by atoms with Gasteiger partial charge in [-0.25, -0.2) is 0 Å². The minimum atomic E-state index is -0.0653. The molecule has 2 amide bonds. The number of amides is 2. The largest absolute Gasteiger partial charge is 0.343 e. The van der Waals surface area contributed by atoms with Crippen LogP contribution in [0.1, 0.15) is 38.2 Å². The molecule has 1 aromatic rings. The predicted octanol–water partition coefficient (Wildman–Crippen LogP) is 1.56. The summed E-state index contributed by atoms with van der Waals surface area (Å²) in [6.45, 7) is 5.99. The van der Waals surface area contributed by atoms with Crippen LogP contribution in [0.2, 0.25) is 0 Å². The van der Waals surface area contributed by atoms with Gasteiger partial charge < -0.3 is 9.80 Å². The number of hydrogen-bond acceptors (Lipinski definition) is 4. The summed E-state index contributed by atoms with van der Waals surface area (Å²) < 4.78 is 0. The summed E-state index contributed by atoms with van der Waals surface area (Å²) in [4.78, 5) is 35.4.